The van der Waals surface area contributed by atoms with Crippen LogP contribution in [-0.2, 0) is 19.4 Å². The van der Waals surface area contributed by atoms with Gasteiger partial charge in [-0.1, -0.05) is 42.5 Å². The zero-order valence-electron chi connectivity index (χ0n) is 13.1. The van der Waals surface area contributed by atoms with Crippen molar-refractivity contribution in [3.05, 3.63) is 82.5 Å². The summed E-state index contributed by atoms with van der Waals surface area (Å²) >= 11 is 4.88. The maximum Gasteiger partial charge on any atom is 0.266 e. The standard InChI is InChI=1S/C19H19NO3S/c21-16(11-18-12-20-19(24)23-18)9-15-7-4-8-17(10-15)22-13-14-5-2-1-3-6-14/h1-8,10,12,16,21H,9,11,13H2,(H,20,24). The highest BCUT2D eigenvalue weighted by molar-refractivity contribution is 7.71. The number of hydrogen-bond acceptors (Lipinski definition) is 4. The Morgan fingerprint density at radius 1 is 1.04 bits per heavy atom. The number of benzene rings is 2. The summed E-state index contributed by atoms with van der Waals surface area (Å²) in [5, 5.41) is 10.2. The highest BCUT2D eigenvalue weighted by atomic mass is 32.1. The number of hydrogen-bond donors (Lipinski definition) is 2. The zero-order chi connectivity index (χ0) is 16.8. The van der Waals surface area contributed by atoms with E-state index in [1.807, 2.05) is 54.6 Å². The minimum atomic E-state index is -0.539. The van der Waals surface area contributed by atoms with E-state index in [9.17, 15) is 5.11 Å². The van der Waals surface area contributed by atoms with Crippen LogP contribution in [0, 0.1) is 4.84 Å². The second-order valence-electron chi connectivity index (χ2n) is 5.63. The lowest BCUT2D eigenvalue weighted by Gasteiger charge is -2.11. The average molecular weight is 341 g/mol. The fourth-order valence-corrected chi connectivity index (χ4v) is 2.66. The smallest absolute Gasteiger partial charge is 0.266 e. The molecule has 0 radical (unpaired) electrons. The summed E-state index contributed by atoms with van der Waals surface area (Å²) in [4.78, 5) is 3.12. The molecule has 124 valence electrons. The summed E-state index contributed by atoms with van der Waals surface area (Å²) in [6, 6.07) is 17.8. The highest BCUT2D eigenvalue weighted by Gasteiger charge is 2.10. The van der Waals surface area contributed by atoms with Crippen LogP contribution in [0.3, 0.4) is 0 Å². The molecule has 2 N–H and O–H groups in total. The molecule has 0 saturated carbocycles. The van der Waals surface area contributed by atoms with Gasteiger partial charge in [-0.2, -0.15) is 0 Å². The van der Waals surface area contributed by atoms with Crippen LogP contribution < -0.4 is 4.74 Å². The van der Waals surface area contributed by atoms with Crippen molar-refractivity contribution < 1.29 is 14.3 Å². The lowest BCUT2D eigenvalue weighted by atomic mass is 10.0. The third-order valence-corrected chi connectivity index (χ3v) is 3.83. The molecule has 0 spiro atoms. The summed E-state index contributed by atoms with van der Waals surface area (Å²) in [6.07, 6.45) is 2.09. The van der Waals surface area contributed by atoms with Gasteiger partial charge in [0.25, 0.3) is 4.84 Å². The number of aromatic nitrogens is 1. The first-order chi connectivity index (χ1) is 11.7. The number of aromatic amines is 1. The molecule has 2 aromatic carbocycles. The van der Waals surface area contributed by atoms with Gasteiger partial charge in [-0.3, -0.25) is 0 Å². The van der Waals surface area contributed by atoms with Crippen LogP contribution in [0.2, 0.25) is 0 Å². The van der Waals surface area contributed by atoms with Crippen LogP contribution in [0.5, 0.6) is 5.75 Å². The van der Waals surface area contributed by atoms with Crippen molar-refractivity contribution in [2.75, 3.05) is 0 Å². The molecule has 3 aromatic rings. The van der Waals surface area contributed by atoms with E-state index in [1.165, 1.54) is 0 Å². The topological polar surface area (TPSA) is 58.4 Å². The molecule has 1 heterocycles. The first-order valence-electron chi connectivity index (χ1n) is 7.80. The number of rotatable bonds is 7. The summed E-state index contributed by atoms with van der Waals surface area (Å²) < 4.78 is 11.1. The van der Waals surface area contributed by atoms with E-state index >= 15 is 0 Å². The quantitative estimate of drug-likeness (QED) is 0.636. The molecule has 3 rings (SSSR count). The summed E-state index contributed by atoms with van der Waals surface area (Å²) in [7, 11) is 0. The maximum atomic E-state index is 10.2. The number of nitrogens with one attached hydrogen (secondary N) is 1. The Labute approximate surface area is 145 Å². The Hall–Kier alpha value is -2.37. The van der Waals surface area contributed by atoms with Crippen molar-refractivity contribution in [2.24, 2.45) is 0 Å². The predicted molar refractivity (Wildman–Crippen MR) is 94.5 cm³/mol. The van der Waals surface area contributed by atoms with Crippen molar-refractivity contribution in [1.82, 2.24) is 4.98 Å². The van der Waals surface area contributed by atoms with E-state index in [0.29, 0.717) is 30.0 Å². The second-order valence-corrected chi connectivity index (χ2v) is 6.00. The molecule has 0 fully saturated rings. The Morgan fingerprint density at radius 3 is 2.58 bits per heavy atom. The van der Waals surface area contributed by atoms with Crippen LogP contribution in [0.1, 0.15) is 16.9 Å². The van der Waals surface area contributed by atoms with Crippen molar-refractivity contribution in [3.8, 4) is 5.75 Å². The minimum absolute atomic E-state index is 0.327. The molecular weight excluding hydrogens is 322 g/mol. The lowest BCUT2D eigenvalue weighted by molar-refractivity contribution is 0.167. The monoisotopic (exact) mass is 341 g/mol. The fraction of sp³-hybridized carbons (Fsp3) is 0.211. The van der Waals surface area contributed by atoms with Gasteiger partial charge in [-0.25, -0.2) is 0 Å². The number of ether oxygens (including phenoxy) is 1. The average Bonchev–Trinajstić information content (AvgIpc) is 2.99. The van der Waals surface area contributed by atoms with Gasteiger partial charge in [0.2, 0.25) is 0 Å². The van der Waals surface area contributed by atoms with Crippen LogP contribution in [0.15, 0.2) is 65.2 Å². The van der Waals surface area contributed by atoms with Crippen molar-refractivity contribution in [3.63, 3.8) is 0 Å². The third kappa shape index (κ3) is 4.81. The Kier molecular flexibility index (Phi) is 5.46. The largest absolute Gasteiger partial charge is 0.489 e. The Morgan fingerprint density at radius 2 is 1.83 bits per heavy atom. The lowest BCUT2D eigenvalue weighted by Crippen LogP contribution is -2.13. The Bertz CT molecular complexity index is 826. The highest BCUT2D eigenvalue weighted by Crippen LogP contribution is 2.17. The van der Waals surface area contributed by atoms with E-state index in [-0.39, 0.29) is 0 Å². The SMILES string of the molecule is OC(Cc1cccc(OCc2ccccc2)c1)Cc1c[nH]c(=S)o1. The zero-order valence-corrected chi connectivity index (χ0v) is 14.0. The van der Waals surface area contributed by atoms with Crippen LogP contribution in [-0.4, -0.2) is 16.2 Å². The first kappa shape index (κ1) is 16.5. The second kappa shape index (κ2) is 7.95. The molecular formula is C19H19NO3S. The van der Waals surface area contributed by atoms with Gasteiger partial charge in [-0.05, 0) is 41.9 Å². The Balaban J connectivity index is 1.57. The molecule has 0 aliphatic rings. The molecule has 24 heavy (non-hydrogen) atoms. The van der Waals surface area contributed by atoms with Gasteiger partial charge in [-0.15, -0.1) is 0 Å². The van der Waals surface area contributed by atoms with Gasteiger partial charge >= 0.3 is 0 Å². The van der Waals surface area contributed by atoms with Gasteiger partial charge in [0, 0.05) is 12.6 Å². The normalized spacial score (nSPS) is 12.0. The van der Waals surface area contributed by atoms with Gasteiger partial charge in [0.05, 0.1) is 6.10 Å². The summed E-state index contributed by atoms with van der Waals surface area (Å²) in [5.74, 6) is 1.45. The predicted octanol–water partition coefficient (Wildman–Crippen LogP) is 4.06. The number of H-pyrrole nitrogens is 1. The van der Waals surface area contributed by atoms with E-state index in [1.54, 1.807) is 6.20 Å². The molecule has 0 aliphatic heterocycles. The van der Waals surface area contributed by atoms with E-state index in [4.69, 9.17) is 21.4 Å². The number of aliphatic hydroxyl groups excluding tert-OH is 1. The molecule has 1 unspecified atom stereocenters. The van der Waals surface area contributed by atoms with Gasteiger partial charge in [0.1, 0.15) is 18.1 Å². The fourth-order valence-electron chi connectivity index (χ4n) is 2.50. The van der Waals surface area contributed by atoms with Crippen molar-refractivity contribution in [1.29, 1.82) is 0 Å². The molecule has 1 atom stereocenters. The molecule has 0 amide bonds. The molecule has 0 bridgehead atoms. The van der Waals surface area contributed by atoms with Crippen molar-refractivity contribution >= 4 is 12.2 Å². The maximum absolute atomic E-state index is 10.2. The number of oxazole rings is 1. The van der Waals surface area contributed by atoms with Crippen LogP contribution in [0.4, 0.5) is 0 Å². The van der Waals surface area contributed by atoms with E-state index in [2.05, 4.69) is 4.98 Å². The molecule has 5 heteroatoms. The number of aliphatic hydroxyl groups is 1. The molecule has 0 saturated heterocycles. The first-order valence-corrected chi connectivity index (χ1v) is 8.21. The van der Waals surface area contributed by atoms with Crippen molar-refractivity contribution in [2.45, 2.75) is 25.6 Å². The molecule has 1 aromatic heterocycles. The minimum Gasteiger partial charge on any atom is -0.489 e. The summed E-state index contributed by atoms with van der Waals surface area (Å²) in [5.41, 5.74) is 2.14. The van der Waals surface area contributed by atoms with Gasteiger partial charge in [0.15, 0.2) is 0 Å². The molecule has 0 aliphatic carbocycles. The van der Waals surface area contributed by atoms with E-state index in [0.717, 1.165) is 16.9 Å². The van der Waals surface area contributed by atoms with Crippen LogP contribution >= 0.6 is 12.2 Å². The van der Waals surface area contributed by atoms with Crippen LogP contribution in [0.25, 0.3) is 0 Å². The summed E-state index contributed by atoms with van der Waals surface area (Å²) in [6.45, 7) is 0.524. The van der Waals surface area contributed by atoms with Gasteiger partial charge < -0.3 is 19.2 Å². The van der Waals surface area contributed by atoms with E-state index < -0.39 is 6.10 Å². The molecule has 4 nitrogen and oxygen atoms in total. The third-order valence-electron chi connectivity index (χ3n) is 3.63.